The number of pyridine rings is 1. The van der Waals surface area contributed by atoms with Crippen LogP contribution in [0.15, 0.2) is 18.3 Å². The summed E-state index contributed by atoms with van der Waals surface area (Å²) in [6.07, 6.45) is 4.12. The summed E-state index contributed by atoms with van der Waals surface area (Å²) in [7, 11) is 3.18. The SMILES string of the molecule is COCC[C@@]1(CO)CCCN(C(=O)c2ccnc(OC)c2)C1. The molecule has 0 spiro atoms. The molecule has 6 heteroatoms. The van der Waals surface area contributed by atoms with Crippen LogP contribution in [0.2, 0.25) is 0 Å². The molecule has 1 fully saturated rings. The molecule has 0 bridgehead atoms. The van der Waals surface area contributed by atoms with E-state index < -0.39 is 0 Å². The van der Waals surface area contributed by atoms with E-state index in [1.165, 1.54) is 7.11 Å². The second kappa shape index (κ2) is 7.56. The third-order valence-electron chi connectivity index (χ3n) is 4.31. The zero-order valence-electron chi connectivity index (χ0n) is 13.2. The number of likely N-dealkylation sites (tertiary alicyclic amines) is 1. The van der Waals surface area contributed by atoms with Gasteiger partial charge in [-0.15, -0.1) is 0 Å². The number of ether oxygens (including phenoxy) is 2. The molecule has 0 unspecified atom stereocenters. The normalized spacial score (nSPS) is 21.7. The van der Waals surface area contributed by atoms with Gasteiger partial charge in [-0.1, -0.05) is 0 Å². The van der Waals surface area contributed by atoms with Crippen LogP contribution in [0.3, 0.4) is 0 Å². The van der Waals surface area contributed by atoms with Crippen LogP contribution in [0.25, 0.3) is 0 Å². The number of carbonyl (C=O) groups is 1. The van der Waals surface area contributed by atoms with E-state index in [4.69, 9.17) is 9.47 Å². The number of nitrogens with zero attached hydrogens (tertiary/aromatic N) is 2. The lowest BCUT2D eigenvalue weighted by Crippen LogP contribution is -2.48. The van der Waals surface area contributed by atoms with Gasteiger partial charge in [0, 0.05) is 50.0 Å². The molecular weight excluding hydrogens is 284 g/mol. The molecule has 0 aromatic carbocycles. The van der Waals surface area contributed by atoms with Crippen LogP contribution in [0, 0.1) is 5.41 Å². The number of amides is 1. The van der Waals surface area contributed by atoms with Crippen LogP contribution in [0.4, 0.5) is 0 Å². The first-order valence-corrected chi connectivity index (χ1v) is 7.53. The Morgan fingerprint density at radius 3 is 3.00 bits per heavy atom. The molecule has 2 heterocycles. The highest BCUT2D eigenvalue weighted by Gasteiger charge is 2.36. The zero-order chi connectivity index (χ0) is 16.0. The number of hydrogen-bond acceptors (Lipinski definition) is 5. The van der Waals surface area contributed by atoms with Crippen molar-refractivity contribution in [2.24, 2.45) is 5.41 Å². The average molecular weight is 308 g/mol. The first-order valence-electron chi connectivity index (χ1n) is 7.53. The summed E-state index contributed by atoms with van der Waals surface area (Å²) < 4.78 is 10.2. The largest absolute Gasteiger partial charge is 0.481 e. The predicted molar refractivity (Wildman–Crippen MR) is 81.9 cm³/mol. The van der Waals surface area contributed by atoms with Gasteiger partial charge in [-0.05, 0) is 25.3 Å². The maximum Gasteiger partial charge on any atom is 0.254 e. The Hall–Kier alpha value is -1.66. The van der Waals surface area contributed by atoms with Gasteiger partial charge in [-0.25, -0.2) is 4.98 Å². The minimum atomic E-state index is -0.263. The summed E-state index contributed by atoms with van der Waals surface area (Å²) in [5.74, 6) is 0.381. The van der Waals surface area contributed by atoms with E-state index in [-0.39, 0.29) is 17.9 Å². The summed E-state index contributed by atoms with van der Waals surface area (Å²) in [5, 5.41) is 9.80. The van der Waals surface area contributed by atoms with Gasteiger partial charge < -0.3 is 19.5 Å². The highest BCUT2D eigenvalue weighted by atomic mass is 16.5. The molecule has 22 heavy (non-hydrogen) atoms. The molecule has 1 aromatic rings. The molecule has 1 amide bonds. The van der Waals surface area contributed by atoms with Crippen molar-refractivity contribution in [3.8, 4) is 5.88 Å². The van der Waals surface area contributed by atoms with Gasteiger partial charge >= 0.3 is 0 Å². The fraction of sp³-hybridized carbons (Fsp3) is 0.625. The molecule has 1 aliphatic rings. The van der Waals surface area contributed by atoms with Gasteiger partial charge in [-0.2, -0.15) is 0 Å². The Morgan fingerprint density at radius 2 is 2.32 bits per heavy atom. The van der Waals surface area contributed by atoms with Crippen molar-refractivity contribution < 1.29 is 19.4 Å². The number of carbonyl (C=O) groups excluding carboxylic acids is 1. The Bertz CT molecular complexity index is 509. The molecule has 0 radical (unpaired) electrons. The molecule has 1 saturated heterocycles. The second-order valence-corrected chi connectivity index (χ2v) is 5.82. The summed E-state index contributed by atoms with van der Waals surface area (Å²) in [6.45, 7) is 1.92. The maximum atomic E-state index is 12.7. The lowest BCUT2D eigenvalue weighted by molar-refractivity contribution is 0.00896. The molecule has 122 valence electrons. The van der Waals surface area contributed by atoms with E-state index in [0.717, 1.165) is 19.3 Å². The maximum absolute atomic E-state index is 12.7. The standard InChI is InChI=1S/C16H24N2O4/c1-21-9-6-16(12-19)5-3-8-18(11-16)15(20)13-4-7-17-14(10-13)22-2/h4,7,10,19H,3,5-6,8-9,11-12H2,1-2H3/t16-/m0/s1. The van der Waals surface area contributed by atoms with Crippen molar-refractivity contribution in [1.29, 1.82) is 0 Å². The number of piperidine rings is 1. The molecule has 0 aliphatic carbocycles. The highest BCUT2D eigenvalue weighted by Crippen LogP contribution is 2.33. The smallest absolute Gasteiger partial charge is 0.254 e. The first-order chi connectivity index (χ1) is 10.6. The van der Waals surface area contributed by atoms with Crippen LogP contribution in [-0.4, -0.2) is 61.4 Å². The van der Waals surface area contributed by atoms with E-state index in [1.807, 2.05) is 4.90 Å². The molecule has 0 saturated carbocycles. The van der Waals surface area contributed by atoms with Crippen molar-refractivity contribution in [2.45, 2.75) is 19.3 Å². The van der Waals surface area contributed by atoms with Gasteiger partial charge in [0.2, 0.25) is 5.88 Å². The van der Waals surface area contributed by atoms with Crippen molar-refractivity contribution in [2.75, 3.05) is 40.5 Å². The number of aromatic nitrogens is 1. The highest BCUT2D eigenvalue weighted by molar-refractivity contribution is 5.94. The topological polar surface area (TPSA) is 71.9 Å². The van der Waals surface area contributed by atoms with E-state index in [1.54, 1.807) is 25.4 Å². The summed E-state index contributed by atoms with van der Waals surface area (Å²) in [5.41, 5.74) is 0.299. The second-order valence-electron chi connectivity index (χ2n) is 5.82. The third kappa shape index (κ3) is 3.75. The number of rotatable bonds is 6. The van der Waals surface area contributed by atoms with Crippen LogP contribution in [0.1, 0.15) is 29.6 Å². The number of methoxy groups -OCH3 is 2. The monoisotopic (exact) mass is 308 g/mol. The molecule has 1 aromatic heterocycles. The number of aliphatic hydroxyl groups excluding tert-OH is 1. The van der Waals surface area contributed by atoms with Crippen LogP contribution < -0.4 is 4.74 Å². The van der Waals surface area contributed by atoms with Crippen LogP contribution in [0.5, 0.6) is 5.88 Å². The minimum Gasteiger partial charge on any atom is -0.481 e. The number of aliphatic hydroxyl groups is 1. The van der Waals surface area contributed by atoms with Gasteiger partial charge in [0.25, 0.3) is 5.91 Å². The average Bonchev–Trinajstić information content (AvgIpc) is 2.59. The third-order valence-corrected chi connectivity index (χ3v) is 4.31. The van der Waals surface area contributed by atoms with E-state index in [2.05, 4.69) is 4.98 Å². The van der Waals surface area contributed by atoms with Crippen LogP contribution >= 0.6 is 0 Å². The lowest BCUT2D eigenvalue weighted by atomic mass is 9.78. The van der Waals surface area contributed by atoms with Gasteiger partial charge in [0.15, 0.2) is 0 Å². The minimum absolute atomic E-state index is 0.0457. The molecule has 1 N–H and O–H groups in total. The Kier molecular flexibility index (Phi) is 5.74. The fourth-order valence-corrected chi connectivity index (χ4v) is 2.95. The molecule has 1 atom stereocenters. The molecule has 6 nitrogen and oxygen atoms in total. The first kappa shape index (κ1) is 16.7. The van der Waals surface area contributed by atoms with Crippen molar-refractivity contribution in [3.05, 3.63) is 23.9 Å². The van der Waals surface area contributed by atoms with Gasteiger partial charge in [0.05, 0.1) is 13.7 Å². The fourth-order valence-electron chi connectivity index (χ4n) is 2.95. The Labute approximate surface area is 131 Å². The van der Waals surface area contributed by atoms with Crippen molar-refractivity contribution in [3.63, 3.8) is 0 Å². The molecule has 2 rings (SSSR count). The Morgan fingerprint density at radius 1 is 1.50 bits per heavy atom. The number of hydrogen-bond donors (Lipinski definition) is 1. The predicted octanol–water partition coefficient (Wildman–Crippen LogP) is 1.34. The van der Waals surface area contributed by atoms with Gasteiger partial charge in [0.1, 0.15) is 0 Å². The van der Waals surface area contributed by atoms with E-state index in [0.29, 0.717) is 31.1 Å². The van der Waals surface area contributed by atoms with Crippen molar-refractivity contribution in [1.82, 2.24) is 9.88 Å². The van der Waals surface area contributed by atoms with E-state index in [9.17, 15) is 9.90 Å². The lowest BCUT2D eigenvalue weighted by Gasteiger charge is -2.41. The summed E-state index contributed by atoms with van der Waals surface area (Å²) in [6, 6.07) is 3.34. The van der Waals surface area contributed by atoms with E-state index >= 15 is 0 Å². The summed E-state index contributed by atoms with van der Waals surface area (Å²) in [4.78, 5) is 18.5. The molecule has 1 aliphatic heterocycles. The Balaban J connectivity index is 2.11. The zero-order valence-corrected chi connectivity index (χ0v) is 13.2. The molecular formula is C16H24N2O4. The van der Waals surface area contributed by atoms with Crippen LogP contribution in [-0.2, 0) is 4.74 Å². The van der Waals surface area contributed by atoms with Gasteiger partial charge in [-0.3, -0.25) is 4.79 Å². The van der Waals surface area contributed by atoms with Crippen molar-refractivity contribution >= 4 is 5.91 Å². The quantitative estimate of drug-likeness (QED) is 0.858. The summed E-state index contributed by atoms with van der Waals surface area (Å²) >= 11 is 0.